The first-order chi connectivity index (χ1) is 11.8. The number of rotatable bonds is 7. The van der Waals surface area contributed by atoms with E-state index < -0.39 is 49.3 Å². The van der Waals surface area contributed by atoms with E-state index >= 15 is 0 Å². The molecule has 0 aliphatic carbocycles. The second kappa shape index (κ2) is 7.95. The van der Waals surface area contributed by atoms with Gasteiger partial charge in [0.2, 0.25) is 0 Å². The summed E-state index contributed by atoms with van der Waals surface area (Å²) in [7, 11) is 1.48. The van der Waals surface area contributed by atoms with Gasteiger partial charge in [0.25, 0.3) is 0 Å². The van der Waals surface area contributed by atoms with Crippen molar-refractivity contribution in [3.05, 3.63) is 24.3 Å². The van der Waals surface area contributed by atoms with E-state index in [0.717, 1.165) is 4.90 Å². The van der Waals surface area contributed by atoms with Gasteiger partial charge in [-0.1, -0.05) is 0 Å². The van der Waals surface area contributed by atoms with Crippen LogP contribution in [-0.4, -0.2) is 87.1 Å². The minimum absolute atomic E-state index is 0.325. The maximum atomic E-state index is 12.1. The van der Waals surface area contributed by atoms with Gasteiger partial charge in [0.15, 0.2) is 6.23 Å². The van der Waals surface area contributed by atoms with Gasteiger partial charge in [0.1, 0.15) is 36.2 Å². The average Bonchev–Trinajstić information content (AvgIpc) is 2.93. The maximum absolute atomic E-state index is 12.1. The Labute approximate surface area is 143 Å². The van der Waals surface area contributed by atoms with E-state index in [0.29, 0.717) is 11.4 Å². The van der Waals surface area contributed by atoms with Crippen molar-refractivity contribution in [2.75, 3.05) is 18.6 Å². The normalized spacial score (nSPS) is 25.2. The summed E-state index contributed by atoms with van der Waals surface area (Å²) < 4.78 is 5.01. The van der Waals surface area contributed by atoms with Crippen LogP contribution in [0, 0.1) is 0 Å². The zero-order valence-corrected chi connectivity index (χ0v) is 13.4. The van der Waals surface area contributed by atoms with Gasteiger partial charge in [-0.3, -0.25) is 4.90 Å². The highest BCUT2D eigenvalue weighted by Crippen LogP contribution is 2.26. The molecule has 6 atom stereocenters. The first kappa shape index (κ1) is 19.4. The zero-order chi connectivity index (χ0) is 18.7. The molecule has 0 spiro atoms. The fraction of sp³-hybridized carbons (Fsp3) is 0.533. The number of aliphatic hydroxyl groups is 6. The number of nitrogens with zero attached hydrogens (tertiary/aromatic N) is 1. The first-order valence-electron chi connectivity index (χ1n) is 7.56. The van der Waals surface area contributed by atoms with E-state index in [2.05, 4.69) is 5.32 Å². The van der Waals surface area contributed by atoms with Crippen molar-refractivity contribution in [3.63, 3.8) is 0 Å². The molecule has 1 aliphatic rings. The number of carbonyl (C=O) groups excluding carboxylic acids is 1. The molecular weight excluding hydrogens is 336 g/mol. The summed E-state index contributed by atoms with van der Waals surface area (Å²) in [6.45, 7) is -0.831. The molecule has 10 nitrogen and oxygen atoms in total. The lowest BCUT2D eigenvalue weighted by Gasteiger charge is -2.30. The molecule has 1 saturated heterocycles. The van der Waals surface area contributed by atoms with E-state index in [1.165, 1.54) is 19.2 Å². The number of ether oxygens (including phenoxy) is 1. The Hall–Kier alpha value is -1.95. The Morgan fingerprint density at radius 1 is 1.16 bits per heavy atom. The summed E-state index contributed by atoms with van der Waals surface area (Å²) in [6.07, 6.45) is -8.78. The van der Waals surface area contributed by atoms with Crippen LogP contribution in [0.3, 0.4) is 0 Å². The molecule has 10 heteroatoms. The molecule has 1 heterocycles. The number of nitrogens with one attached hydrogen (secondary N) is 1. The molecule has 0 unspecified atom stereocenters. The molecule has 0 bridgehead atoms. The molecule has 140 valence electrons. The lowest BCUT2D eigenvalue weighted by atomic mass is 9.97. The summed E-state index contributed by atoms with van der Waals surface area (Å²) in [5.41, 5.74) is 0.325. The summed E-state index contributed by atoms with van der Waals surface area (Å²) >= 11 is 0. The van der Waals surface area contributed by atoms with E-state index in [1.807, 2.05) is 0 Å². The van der Waals surface area contributed by atoms with Crippen LogP contribution in [-0.2, 0) is 0 Å². The van der Waals surface area contributed by atoms with Crippen LogP contribution in [0.5, 0.6) is 5.75 Å². The molecule has 0 aromatic heterocycles. The Bertz CT molecular complexity index is 583. The second-order valence-electron chi connectivity index (χ2n) is 5.68. The number of methoxy groups -OCH3 is 1. The van der Waals surface area contributed by atoms with E-state index in [4.69, 9.17) is 9.84 Å². The number of hydrogen-bond donors (Lipinski definition) is 7. The van der Waals surface area contributed by atoms with Crippen molar-refractivity contribution < 1.29 is 40.2 Å². The van der Waals surface area contributed by atoms with Gasteiger partial charge in [-0.25, -0.2) is 4.79 Å². The molecule has 1 fully saturated rings. The molecule has 1 aromatic carbocycles. The Morgan fingerprint density at radius 3 is 2.28 bits per heavy atom. The van der Waals surface area contributed by atoms with Gasteiger partial charge >= 0.3 is 6.03 Å². The smallest absolute Gasteiger partial charge is 0.324 e. The van der Waals surface area contributed by atoms with Gasteiger partial charge in [0, 0.05) is 5.69 Å². The Morgan fingerprint density at radius 2 is 1.76 bits per heavy atom. The number of amides is 2. The van der Waals surface area contributed by atoms with Crippen LogP contribution in [0.2, 0.25) is 0 Å². The fourth-order valence-corrected chi connectivity index (χ4v) is 2.59. The SMILES string of the molecule is COc1ccc(N2C(=O)N[C@@H]([C@H](O)[C@@H](O)[C@@H](O)[C@H](O)CO)[C@@H]2O)cc1. The monoisotopic (exact) mass is 358 g/mol. The van der Waals surface area contributed by atoms with Crippen molar-refractivity contribution >= 4 is 11.7 Å². The van der Waals surface area contributed by atoms with Crippen molar-refractivity contribution in [1.82, 2.24) is 5.32 Å². The highest BCUT2D eigenvalue weighted by atomic mass is 16.5. The van der Waals surface area contributed by atoms with Crippen molar-refractivity contribution in [3.8, 4) is 5.75 Å². The lowest BCUT2D eigenvalue weighted by molar-refractivity contribution is -0.126. The lowest BCUT2D eigenvalue weighted by Crippen LogP contribution is -2.55. The third-order valence-corrected chi connectivity index (χ3v) is 4.09. The van der Waals surface area contributed by atoms with Crippen molar-refractivity contribution in [2.24, 2.45) is 0 Å². The van der Waals surface area contributed by atoms with Crippen LogP contribution >= 0.6 is 0 Å². The Kier molecular flexibility index (Phi) is 6.16. The van der Waals surface area contributed by atoms with E-state index in [9.17, 15) is 30.3 Å². The third kappa shape index (κ3) is 3.84. The molecule has 25 heavy (non-hydrogen) atoms. The number of aliphatic hydroxyl groups excluding tert-OH is 6. The van der Waals surface area contributed by atoms with Gasteiger partial charge in [-0.2, -0.15) is 0 Å². The average molecular weight is 358 g/mol. The zero-order valence-electron chi connectivity index (χ0n) is 13.4. The summed E-state index contributed by atoms with van der Waals surface area (Å²) in [4.78, 5) is 13.1. The minimum atomic E-state index is -1.90. The van der Waals surface area contributed by atoms with Crippen molar-refractivity contribution in [2.45, 2.75) is 36.7 Å². The molecule has 2 amide bonds. The van der Waals surface area contributed by atoms with Gasteiger partial charge in [0.05, 0.1) is 13.7 Å². The van der Waals surface area contributed by atoms with Crippen LogP contribution in [0.4, 0.5) is 10.5 Å². The summed E-state index contributed by atoms with van der Waals surface area (Å²) in [6, 6.07) is 4.16. The molecule has 7 N–H and O–H groups in total. The maximum Gasteiger partial charge on any atom is 0.324 e. The molecule has 0 saturated carbocycles. The number of benzene rings is 1. The highest BCUT2D eigenvalue weighted by Gasteiger charge is 2.46. The van der Waals surface area contributed by atoms with Gasteiger partial charge in [-0.05, 0) is 24.3 Å². The molecular formula is C15H22N2O8. The standard InChI is InChI=1S/C15H22N2O8/c1-25-8-4-2-7(3-5-8)17-14(23)10(16-15(17)24)12(21)13(22)11(20)9(19)6-18/h2-5,9-14,18-23H,6H2,1H3,(H,16,24)/t9-,10+,11+,12+,13+,14+/m1/s1. The third-order valence-electron chi connectivity index (χ3n) is 4.09. The molecule has 1 aliphatic heterocycles. The van der Waals surface area contributed by atoms with Crippen LogP contribution in [0.25, 0.3) is 0 Å². The number of carbonyl (C=O) groups is 1. The van der Waals surface area contributed by atoms with Crippen LogP contribution in [0.1, 0.15) is 0 Å². The predicted octanol–water partition coefficient (Wildman–Crippen LogP) is -2.65. The van der Waals surface area contributed by atoms with Gasteiger partial charge < -0.3 is 40.7 Å². The molecule has 1 aromatic rings. The number of anilines is 1. The largest absolute Gasteiger partial charge is 0.497 e. The Balaban J connectivity index is 2.15. The van der Waals surface area contributed by atoms with Gasteiger partial charge in [-0.15, -0.1) is 0 Å². The number of hydrogen-bond acceptors (Lipinski definition) is 8. The molecule has 0 radical (unpaired) electrons. The van der Waals surface area contributed by atoms with Crippen LogP contribution in [0.15, 0.2) is 24.3 Å². The highest BCUT2D eigenvalue weighted by molar-refractivity contribution is 5.95. The van der Waals surface area contributed by atoms with Crippen LogP contribution < -0.4 is 15.0 Å². The topological polar surface area (TPSA) is 163 Å². The van der Waals surface area contributed by atoms with E-state index in [-0.39, 0.29) is 0 Å². The molecule has 2 rings (SSSR count). The second-order valence-corrected chi connectivity index (χ2v) is 5.68. The van der Waals surface area contributed by atoms with E-state index in [1.54, 1.807) is 12.1 Å². The quantitative estimate of drug-likeness (QED) is 0.278. The summed E-state index contributed by atoms with van der Waals surface area (Å²) in [5, 5.41) is 60.5. The van der Waals surface area contributed by atoms with Crippen molar-refractivity contribution in [1.29, 1.82) is 0 Å². The predicted molar refractivity (Wildman–Crippen MR) is 84.9 cm³/mol. The number of urea groups is 1. The minimum Gasteiger partial charge on any atom is -0.497 e. The first-order valence-corrected chi connectivity index (χ1v) is 7.56. The fourth-order valence-electron chi connectivity index (χ4n) is 2.59. The summed E-state index contributed by atoms with van der Waals surface area (Å²) in [5.74, 6) is 0.547.